The summed E-state index contributed by atoms with van der Waals surface area (Å²) < 4.78 is 17.1. The van der Waals surface area contributed by atoms with Gasteiger partial charge in [0.2, 0.25) is 23.0 Å². The van der Waals surface area contributed by atoms with E-state index >= 15 is 0 Å². The monoisotopic (exact) mass is 574 g/mol. The van der Waals surface area contributed by atoms with Gasteiger partial charge in [0.25, 0.3) is 0 Å². The minimum absolute atomic E-state index is 0.151. The van der Waals surface area contributed by atoms with Crippen LogP contribution in [0.15, 0.2) is 47.4 Å². The highest BCUT2D eigenvalue weighted by molar-refractivity contribution is 5.96. The lowest BCUT2D eigenvalue weighted by Crippen LogP contribution is -2.40. The number of rotatable bonds is 9. The number of nitrogens with one attached hydrogen (secondary N) is 3. The van der Waals surface area contributed by atoms with Gasteiger partial charge in [0.05, 0.1) is 33.1 Å². The Balaban J connectivity index is 1.86. The third-order valence-corrected chi connectivity index (χ3v) is 7.43. The standard InChI is InChI=1S/C32H38N4O6/c1-17(2)28(32(39)36-31-18(3)9-8-14-33-31)35-24-13-11-21-22(16-25(24)38)23(34-19(4)37)12-10-20-15-26(40-5)29(41-6)30(42-7)27(20)21/h8-9,11,13-17,23,28H,10,12H2,1-7H3,(H,34,37)(H,35,38)(H,33,36,39)/t23-,28-/m0/s1. The number of nitrogens with zero attached hydrogens (tertiary/aromatic N) is 1. The number of ether oxygens (including phenoxy) is 3. The quantitative estimate of drug-likeness (QED) is 0.337. The van der Waals surface area contributed by atoms with E-state index in [9.17, 15) is 14.4 Å². The summed E-state index contributed by atoms with van der Waals surface area (Å²) >= 11 is 0. The molecule has 1 aliphatic carbocycles. The first-order valence-electron chi connectivity index (χ1n) is 13.9. The van der Waals surface area contributed by atoms with E-state index in [-0.39, 0.29) is 28.8 Å². The van der Waals surface area contributed by atoms with Gasteiger partial charge >= 0.3 is 0 Å². The summed E-state index contributed by atoms with van der Waals surface area (Å²) in [6.07, 6.45) is 2.75. The maximum absolute atomic E-state index is 13.7. The van der Waals surface area contributed by atoms with E-state index in [1.807, 2.05) is 39.0 Å². The molecule has 0 saturated heterocycles. The lowest BCUT2D eigenvalue weighted by molar-refractivity contribution is -0.120. The molecule has 42 heavy (non-hydrogen) atoms. The molecule has 3 aromatic rings. The van der Waals surface area contributed by atoms with Gasteiger partial charge in [-0.2, -0.15) is 0 Å². The van der Waals surface area contributed by atoms with E-state index in [1.165, 1.54) is 20.1 Å². The average molecular weight is 575 g/mol. The smallest absolute Gasteiger partial charge is 0.248 e. The Morgan fingerprint density at radius 1 is 1.02 bits per heavy atom. The number of anilines is 2. The Morgan fingerprint density at radius 3 is 2.38 bits per heavy atom. The lowest BCUT2D eigenvalue weighted by atomic mass is 9.95. The van der Waals surface area contributed by atoms with Crippen LogP contribution in [-0.4, -0.2) is 44.2 Å². The first-order valence-corrected chi connectivity index (χ1v) is 13.9. The number of aromatic nitrogens is 1. The molecule has 2 aromatic carbocycles. The average Bonchev–Trinajstić information content (AvgIpc) is 3.19. The molecular weight excluding hydrogens is 536 g/mol. The number of carbonyl (C=O) groups is 2. The maximum atomic E-state index is 13.7. The number of hydrogen-bond donors (Lipinski definition) is 3. The number of pyridine rings is 1. The molecule has 4 rings (SSSR count). The van der Waals surface area contributed by atoms with Crippen LogP contribution in [0, 0.1) is 12.8 Å². The maximum Gasteiger partial charge on any atom is 0.248 e. The van der Waals surface area contributed by atoms with Crippen LogP contribution in [0.25, 0.3) is 11.1 Å². The van der Waals surface area contributed by atoms with Gasteiger partial charge in [-0.15, -0.1) is 0 Å². The summed E-state index contributed by atoms with van der Waals surface area (Å²) in [5.41, 5.74) is 3.79. The SMILES string of the molecule is COc1cc2c(c(OC)c1OC)-c1ccc(N[C@H](C(=O)Nc3ncccc3C)C(C)C)c(=O)cc1[C@@H](NC(C)=O)CC2. The van der Waals surface area contributed by atoms with Crippen molar-refractivity contribution >= 4 is 23.3 Å². The van der Waals surface area contributed by atoms with Crippen LogP contribution in [0.5, 0.6) is 17.2 Å². The highest BCUT2D eigenvalue weighted by atomic mass is 16.5. The number of fused-ring (bicyclic) bond motifs is 3. The molecule has 0 aliphatic heterocycles. The van der Waals surface area contributed by atoms with Gasteiger partial charge in [-0.05, 0) is 72.2 Å². The molecule has 2 atom stereocenters. The molecular formula is C32H38N4O6. The fourth-order valence-electron chi connectivity index (χ4n) is 5.34. The van der Waals surface area contributed by atoms with Crippen molar-refractivity contribution in [3.05, 3.63) is 69.5 Å². The Bertz CT molecular complexity index is 1550. The number of amides is 2. The highest BCUT2D eigenvalue weighted by Gasteiger charge is 2.30. The first kappa shape index (κ1) is 30.4. The zero-order valence-corrected chi connectivity index (χ0v) is 25.1. The summed E-state index contributed by atoms with van der Waals surface area (Å²) in [7, 11) is 4.65. The molecule has 2 amide bonds. The van der Waals surface area contributed by atoms with Crippen molar-refractivity contribution in [2.24, 2.45) is 5.92 Å². The Hall–Kier alpha value is -4.60. The molecule has 0 spiro atoms. The van der Waals surface area contributed by atoms with Crippen LogP contribution in [0.3, 0.4) is 0 Å². The van der Waals surface area contributed by atoms with E-state index in [0.717, 1.165) is 16.7 Å². The minimum atomic E-state index is -0.723. The molecule has 0 saturated carbocycles. The summed E-state index contributed by atoms with van der Waals surface area (Å²) in [5, 5.41) is 9.06. The predicted octanol–water partition coefficient (Wildman–Crippen LogP) is 4.64. The van der Waals surface area contributed by atoms with Crippen molar-refractivity contribution in [3.8, 4) is 28.4 Å². The van der Waals surface area contributed by atoms with E-state index in [4.69, 9.17) is 14.2 Å². The van der Waals surface area contributed by atoms with E-state index < -0.39 is 12.1 Å². The molecule has 0 unspecified atom stereocenters. The van der Waals surface area contributed by atoms with E-state index in [1.54, 1.807) is 32.5 Å². The van der Waals surface area contributed by atoms with Crippen molar-refractivity contribution < 1.29 is 23.8 Å². The van der Waals surface area contributed by atoms with Crippen molar-refractivity contribution in [2.45, 2.75) is 52.6 Å². The predicted molar refractivity (Wildman–Crippen MR) is 163 cm³/mol. The van der Waals surface area contributed by atoms with Gasteiger partial charge in [0.15, 0.2) is 11.5 Å². The van der Waals surface area contributed by atoms with Crippen LogP contribution in [0.4, 0.5) is 11.5 Å². The third-order valence-electron chi connectivity index (χ3n) is 7.43. The number of methoxy groups -OCH3 is 3. The fraction of sp³-hybridized carbons (Fsp3) is 0.375. The summed E-state index contributed by atoms with van der Waals surface area (Å²) in [4.78, 5) is 43.5. The summed E-state index contributed by atoms with van der Waals surface area (Å²) in [6.45, 7) is 7.12. The van der Waals surface area contributed by atoms with Crippen molar-refractivity contribution in [1.29, 1.82) is 0 Å². The van der Waals surface area contributed by atoms with Crippen molar-refractivity contribution in [1.82, 2.24) is 10.3 Å². The molecule has 10 nitrogen and oxygen atoms in total. The molecule has 10 heteroatoms. The number of aryl methyl sites for hydroxylation is 2. The van der Waals surface area contributed by atoms with Gasteiger partial charge in [0, 0.05) is 18.7 Å². The summed E-state index contributed by atoms with van der Waals surface area (Å²) in [5.74, 6) is 1.21. The van der Waals surface area contributed by atoms with Crippen LogP contribution < -0.4 is 35.6 Å². The van der Waals surface area contributed by atoms with Crippen LogP contribution in [-0.2, 0) is 16.0 Å². The molecule has 1 aromatic heterocycles. The first-order chi connectivity index (χ1) is 20.1. The number of hydrogen-bond acceptors (Lipinski definition) is 8. The van der Waals surface area contributed by atoms with Gasteiger partial charge in [-0.25, -0.2) is 4.98 Å². The molecule has 1 heterocycles. The molecule has 1 aliphatic rings. The van der Waals surface area contributed by atoms with Crippen molar-refractivity contribution in [3.63, 3.8) is 0 Å². The zero-order chi connectivity index (χ0) is 30.6. The van der Waals surface area contributed by atoms with Crippen LogP contribution in [0.2, 0.25) is 0 Å². The number of benzene rings is 1. The molecule has 0 fully saturated rings. The Morgan fingerprint density at radius 2 is 1.76 bits per heavy atom. The molecule has 222 valence electrons. The zero-order valence-electron chi connectivity index (χ0n) is 25.1. The second-order valence-corrected chi connectivity index (χ2v) is 10.6. The lowest BCUT2D eigenvalue weighted by Gasteiger charge is -2.22. The van der Waals surface area contributed by atoms with E-state index in [0.29, 0.717) is 47.0 Å². The minimum Gasteiger partial charge on any atom is -0.493 e. The van der Waals surface area contributed by atoms with Crippen LogP contribution >= 0.6 is 0 Å². The summed E-state index contributed by atoms with van der Waals surface area (Å²) in [6, 6.07) is 9.43. The van der Waals surface area contributed by atoms with Crippen LogP contribution in [0.1, 0.15) is 49.9 Å². The third kappa shape index (κ3) is 6.17. The number of carbonyl (C=O) groups excluding carboxylic acids is 2. The second kappa shape index (κ2) is 12.9. The van der Waals surface area contributed by atoms with Gasteiger partial charge in [-0.3, -0.25) is 14.4 Å². The normalized spacial score (nSPS) is 14.5. The Labute approximate surface area is 245 Å². The van der Waals surface area contributed by atoms with Gasteiger partial charge in [0.1, 0.15) is 11.9 Å². The fourth-order valence-corrected chi connectivity index (χ4v) is 5.34. The molecule has 0 bridgehead atoms. The van der Waals surface area contributed by atoms with E-state index in [2.05, 4.69) is 20.9 Å². The second-order valence-electron chi connectivity index (χ2n) is 10.6. The topological polar surface area (TPSA) is 128 Å². The van der Waals surface area contributed by atoms with Gasteiger partial charge < -0.3 is 30.2 Å². The highest BCUT2D eigenvalue weighted by Crippen LogP contribution is 2.50. The molecule has 0 radical (unpaired) electrons. The Kier molecular flexibility index (Phi) is 9.35. The largest absolute Gasteiger partial charge is 0.493 e. The van der Waals surface area contributed by atoms with Gasteiger partial charge in [-0.1, -0.05) is 26.0 Å². The van der Waals surface area contributed by atoms with Crippen molar-refractivity contribution in [2.75, 3.05) is 32.0 Å². The molecule has 3 N–H and O–H groups in total.